The van der Waals surface area contributed by atoms with Gasteiger partial charge in [-0.15, -0.1) is 10.2 Å². The van der Waals surface area contributed by atoms with Gasteiger partial charge >= 0.3 is 0 Å². The molecule has 1 amide bonds. The standard InChI is InChI=1S/C20H19ClF2N4O2S/c1-11-8-14(5-6-15(11)21)29-12(2)19-25-26-20(27(19)3)30-10-18(28)24-17-7-4-13(22)9-16(17)23/h4-9,12H,10H2,1-3H3,(H,24,28). The summed E-state index contributed by atoms with van der Waals surface area (Å²) in [6, 6.07) is 8.33. The molecule has 0 bridgehead atoms. The Morgan fingerprint density at radius 3 is 2.73 bits per heavy atom. The molecule has 158 valence electrons. The van der Waals surface area contributed by atoms with Crippen molar-refractivity contribution in [3.8, 4) is 5.75 Å². The van der Waals surface area contributed by atoms with E-state index in [0.29, 0.717) is 27.8 Å². The maximum absolute atomic E-state index is 13.6. The fourth-order valence-corrected chi connectivity index (χ4v) is 3.50. The van der Waals surface area contributed by atoms with E-state index in [4.69, 9.17) is 16.3 Å². The lowest BCUT2D eigenvalue weighted by Gasteiger charge is -2.15. The second-order valence-corrected chi connectivity index (χ2v) is 7.88. The molecule has 1 aromatic heterocycles. The van der Waals surface area contributed by atoms with Crippen LogP contribution in [0.2, 0.25) is 5.02 Å². The van der Waals surface area contributed by atoms with E-state index in [-0.39, 0.29) is 17.5 Å². The molecule has 30 heavy (non-hydrogen) atoms. The summed E-state index contributed by atoms with van der Waals surface area (Å²) in [7, 11) is 1.77. The first-order chi connectivity index (χ1) is 14.2. The molecule has 1 heterocycles. The van der Waals surface area contributed by atoms with Crippen molar-refractivity contribution in [2.75, 3.05) is 11.1 Å². The Morgan fingerprint density at radius 2 is 2.03 bits per heavy atom. The van der Waals surface area contributed by atoms with Crippen LogP contribution in [0.1, 0.15) is 24.4 Å². The van der Waals surface area contributed by atoms with Gasteiger partial charge in [0, 0.05) is 18.1 Å². The zero-order valence-electron chi connectivity index (χ0n) is 16.4. The summed E-state index contributed by atoms with van der Waals surface area (Å²) in [5, 5.41) is 11.8. The lowest BCUT2D eigenvalue weighted by atomic mass is 10.2. The second-order valence-electron chi connectivity index (χ2n) is 6.53. The number of hydrogen-bond donors (Lipinski definition) is 1. The van der Waals surface area contributed by atoms with Gasteiger partial charge in [-0.05, 0) is 49.7 Å². The van der Waals surface area contributed by atoms with Crippen molar-refractivity contribution >= 4 is 35.0 Å². The molecule has 6 nitrogen and oxygen atoms in total. The molecular formula is C20H19ClF2N4O2S. The summed E-state index contributed by atoms with van der Waals surface area (Å²) in [6.07, 6.45) is -0.389. The van der Waals surface area contributed by atoms with Crippen molar-refractivity contribution in [1.29, 1.82) is 0 Å². The third-order valence-electron chi connectivity index (χ3n) is 4.21. The van der Waals surface area contributed by atoms with Gasteiger partial charge in [0.2, 0.25) is 5.91 Å². The number of hydrogen-bond acceptors (Lipinski definition) is 5. The van der Waals surface area contributed by atoms with Crippen LogP contribution in [-0.4, -0.2) is 26.4 Å². The van der Waals surface area contributed by atoms with Gasteiger partial charge in [0.1, 0.15) is 17.4 Å². The van der Waals surface area contributed by atoms with Crippen molar-refractivity contribution in [2.24, 2.45) is 7.05 Å². The van der Waals surface area contributed by atoms with Gasteiger partial charge in [-0.25, -0.2) is 8.78 Å². The SMILES string of the molecule is Cc1cc(OC(C)c2nnc(SCC(=O)Nc3ccc(F)cc3F)n2C)ccc1Cl. The molecule has 0 aliphatic rings. The third-order valence-corrected chi connectivity index (χ3v) is 5.66. The molecule has 0 saturated heterocycles. The molecule has 2 aromatic carbocycles. The van der Waals surface area contributed by atoms with E-state index < -0.39 is 17.5 Å². The van der Waals surface area contributed by atoms with Crippen LogP contribution in [0.3, 0.4) is 0 Å². The number of aromatic nitrogens is 3. The molecule has 1 unspecified atom stereocenters. The number of nitrogens with zero attached hydrogens (tertiary/aromatic N) is 3. The van der Waals surface area contributed by atoms with Gasteiger partial charge in [0.05, 0.1) is 11.4 Å². The van der Waals surface area contributed by atoms with Crippen LogP contribution in [0.5, 0.6) is 5.75 Å². The van der Waals surface area contributed by atoms with Crippen molar-refractivity contribution in [2.45, 2.75) is 25.1 Å². The van der Waals surface area contributed by atoms with Crippen LogP contribution >= 0.6 is 23.4 Å². The van der Waals surface area contributed by atoms with E-state index in [2.05, 4.69) is 15.5 Å². The van der Waals surface area contributed by atoms with E-state index in [1.807, 2.05) is 19.9 Å². The molecule has 3 rings (SSSR count). The summed E-state index contributed by atoms with van der Waals surface area (Å²) >= 11 is 7.17. The number of thioether (sulfide) groups is 1. The van der Waals surface area contributed by atoms with Crippen LogP contribution < -0.4 is 10.1 Å². The highest BCUT2D eigenvalue weighted by molar-refractivity contribution is 7.99. The largest absolute Gasteiger partial charge is 0.483 e. The second kappa shape index (κ2) is 9.44. The lowest BCUT2D eigenvalue weighted by Crippen LogP contribution is -2.16. The number of amides is 1. The average Bonchev–Trinajstić information content (AvgIpc) is 3.06. The highest BCUT2D eigenvalue weighted by Crippen LogP contribution is 2.27. The molecule has 0 aliphatic heterocycles. The number of halogens is 3. The van der Waals surface area contributed by atoms with Gasteiger partial charge in [0.15, 0.2) is 17.1 Å². The lowest BCUT2D eigenvalue weighted by molar-refractivity contribution is -0.113. The zero-order valence-corrected chi connectivity index (χ0v) is 18.0. The van der Waals surface area contributed by atoms with Crippen LogP contribution in [0.25, 0.3) is 0 Å². The molecule has 1 N–H and O–H groups in total. The van der Waals surface area contributed by atoms with Crippen molar-refractivity contribution in [3.63, 3.8) is 0 Å². The summed E-state index contributed by atoms with van der Waals surface area (Å²) in [5.74, 6) is -0.781. The summed E-state index contributed by atoms with van der Waals surface area (Å²) in [4.78, 5) is 12.1. The Morgan fingerprint density at radius 1 is 1.27 bits per heavy atom. The third kappa shape index (κ3) is 5.28. The minimum absolute atomic E-state index is 0.0194. The predicted molar refractivity (Wildman–Crippen MR) is 112 cm³/mol. The molecule has 1 atom stereocenters. The minimum Gasteiger partial charge on any atom is -0.483 e. The first kappa shape index (κ1) is 22.0. The first-order valence-electron chi connectivity index (χ1n) is 8.94. The molecule has 0 aliphatic carbocycles. The summed E-state index contributed by atoms with van der Waals surface area (Å²) in [5.41, 5.74) is 0.820. The molecule has 0 fully saturated rings. The zero-order chi connectivity index (χ0) is 21.8. The molecule has 0 spiro atoms. The van der Waals surface area contributed by atoms with Crippen molar-refractivity contribution in [1.82, 2.24) is 14.8 Å². The number of ether oxygens (including phenoxy) is 1. The monoisotopic (exact) mass is 452 g/mol. The Bertz CT molecular complexity index is 1080. The van der Waals surface area contributed by atoms with Crippen molar-refractivity contribution < 1.29 is 18.3 Å². The molecule has 3 aromatic rings. The molecule has 0 saturated carbocycles. The van der Waals surface area contributed by atoms with E-state index >= 15 is 0 Å². The fraction of sp³-hybridized carbons (Fsp3) is 0.250. The number of nitrogens with one attached hydrogen (secondary N) is 1. The van der Waals surface area contributed by atoms with E-state index in [1.54, 1.807) is 23.7 Å². The van der Waals surface area contributed by atoms with Crippen molar-refractivity contribution in [3.05, 3.63) is 64.4 Å². The smallest absolute Gasteiger partial charge is 0.234 e. The highest BCUT2D eigenvalue weighted by atomic mass is 35.5. The minimum atomic E-state index is -0.835. The number of rotatable bonds is 7. The van der Waals surface area contributed by atoms with Crippen LogP contribution in [-0.2, 0) is 11.8 Å². The normalized spacial score (nSPS) is 11.9. The number of benzene rings is 2. The first-order valence-corrected chi connectivity index (χ1v) is 10.3. The van der Waals surface area contributed by atoms with E-state index in [0.717, 1.165) is 23.4 Å². The molecular weight excluding hydrogens is 434 g/mol. The fourth-order valence-electron chi connectivity index (χ4n) is 2.66. The highest BCUT2D eigenvalue weighted by Gasteiger charge is 2.18. The Labute approximate surface area is 181 Å². The predicted octanol–water partition coefficient (Wildman–Crippen LogP) is 4.93. The molecule has 0 radical (unpaired) electrons. The van der Waals surface area contributed by atoms with Gasteiger partial charge in [-0.1, -0.05) is 23.4 Å². The average molecular weight is 453 g/mol. The summed E-state index contributed by atoms with van der Waals surface area (Å²) < 4.78 is 34.2. The topological polar surface area (TPSA) is 69.0 Å². The van der Waals surface area contributed by atoms with Crippen LogP contribution in [0.4, 0.5) is 14.5 Å². The van der Waals surface area contributed by atoms with Crippen LogP contribution in [0.15, 0.2) is 41.6 Å². The summed E-state index contributed by atoms with van der Waals surface area (Å²) in [6.45, 7) is 3.73. The Kier molecular flexibility index (Phi) is 6.94. The number of carbonyl (C=O) groups excluding carboxylic acids is 1. The van der Waals surface area contributed by atoms with Gasteiger partial charge < -0.3 is 14.6 Å². The number of carbonyl (C=O) groups is 1. The maximum Gasteiger partial charge on any atom is 0.234 e. The van der Waals surface area contributed by atoms with E-state index in [1.165, 1.54) is 6.07 Å². The van der Waals surface area contributed by atoms with Gasteiger partial charge in [-0.3, -0.25) is 4.79 Å². The Hall–Kier alpha value is -2.65. The van der Waals surface area contributed by atoms with Gasteiger partial charge in [-0.2, -0.15) is 0 Å². The van der Waals surface area contributed by atoms with E-state index in [9.17, 15) is 13.6 Å². The quantitative estimate of drug-likeness (QED) is 0.515. The van der Waals surface area contributed by atoms with Crippen LogP contribution in [0, 0.1) is 18.6 Å². The van der Waals surface area contributed by atoms with Gasteiger partial charge in [0.25, 0.3) is 0 Å². The molecule has 10 heteroatoms. The Balaban J connectivity index is 1.60. The number of aryl methyl sites for hydroxylation is 1. The number of anilines is 1. The maximum atomic E-state index is 13.6.